The predicted molar refractivity (Wildman–Crippen MR) is 103 cm³/mol. The monoisotopic (exact) mass is 402 g/mol. The minimum absolute atomic E-state index is 0.0311. The Kier molecular flexibility index (Phi) is 8.37. The first-order chi connectivity index (χ1) is 13.3. The maximum atomic E-state index is 12.6. The number of likely N-dealkylation sites (N-methyl/N-ethyl adjacent to an activating group) is 1. The summed E-state index contributed by atoms with van der Waals surface area (Å²) in [6.45, 7) is 3.25. The number of hydrogen-bond donors (Lipinski definition) is 2. The molecule has 2 unspecified atom stereocenters. The van der Waals surface area contributed by atoms with E-state index in [4.69, 9.17) is 4.74 Å². The number of alkyl halides is 3. The van der Waals surface area contributed by atoms with Gasteiger partial charge in [0.25, 0.3) is 0 Å². The van der Waals surface area contributed by atoms with Crippen molar-refractivity contribution < 1.29 is 22.6 Å². The van der Waals surface area contributed by atoms with Crippen LogP contribution in [-0.2, 0) is 4.74 Å². The lowest BCUT2D eigenvalue weighted by atomic mass is 10.1. The summed E-state index contributed by atoms with van der Waals surface area (Å²) in [6.07, 6.45) is -2.99. The summed E-state index contributed by atoms with van der Waals surface area (Å²) in [5.41, 5.74) is 0.561. The third-order valence-corrected chi connectivity index (χ3v) is 4.55. The van der Waals surface area contributed by atoms with Gasteiger partial charge in [0.2, 0.25) is 0 Å². The van der Waals surface area contributed by atoms with Crippen molar-refractivity contribution in [2.45, 2.75) is 31.2 Å². The molecule has 1 aromatic rings. The minimum atomic E-state index is -4.69. The van der Waals surface area contributed by atoms with Crippen molar-refractivity contribution in [3.05, 3.63) is 29.8 Å². The quantitative estimate of drug-likeness (QED) is 0.358. The van der Waals surface area contributed by atoms with Gasteiger partial charge in [0.05, 0.1) is 0 Å². The highest BCUT2D eigenvalue weighted by Crippen LogP contribution is 2.45. The van der Waals surface area contributed by atoms with Gasteiger partial charge in [-0.2, -0.15) is 0 Å². The smallest absolute Gasteiger partial charge is 0.405 e. The normalized spacial score (nSPS) is 19.6. The Morgan fingerprint density at radius 2 is 2.04 bits per heavy atom. The minimum Gasteiger partial charge on any atom is -0.405 e. The largest absolute Gasteiger partial charge is 0.573 e. The number of para-hydroxylation sites is 1. The molecular weight excluding hydrogens is 373 g/mol. The fourth-order valence-electron chi connectivity index (χ4n) is 3.03. The molecule has 158 valence electrons. The van der Waals surface area contributed by atoms with Gasteiger partial charge in [0.15, 0.2) is 5.96 Å². The van der Waals surface area contributed by atoms with E-state index in [0.717, 1.165) is 32.5 Å². The van der Waals surface area contributed by atoms with Crippen molar-refractivity contribution in [3.63, 3.8) is 0 Å². The Morgan fingerprint density at radius 1 is 1.29 bits per heavy atom. The molecular formula is C19H29F3N4O2. The number of rotatable bonds is 10. The maximum Gasteiger partial charge on any atom is 0.573 e. The fourth-order valence-corrected chi connectivity index (χ4v) is 3.03. The number of benzene rings is 1. The molecule has 1 aliphatic carbocycles. The molecule has 0 bridgehead atoms. The SMILES string of the molecule is CN=C(NCCN(C)CCCOC)NC1CC1c1ccccc1OC(F)(F)F. The van der Waals surface area contributed by atoms with E-state index in [2.05, 4.69) is 25.3 Å². The highest BCUT2D eigenvalue weighted by Gasteiger charge is 2.42. The summed E-state index contributed by atoms with van der Waals surface area (Å²) < 4.78 is 47.0. The molecule has 2 rings (SSSR count). The van der Waals surface area contributed by atoms with Crippen molar-refractivity contribution in [3.8, 4) is 5.75 Å². The van der Waals surface area contributed by atoms with Crippen LogP contribution in [0, 0.1) is 0 Å². The van der Waals surface area contributed by atoms with Crippen molar-refractivity contribution >= 4 is 5.96 Å². The molecule has 0 aliphatic heterocycles. The van der Waals surface area contributed by atoms with Gasteiger partial charge >= 0.3 is 6.36 Å². The van der Waals surface area contributed by atoms with Crippen molar-refractivity contribution in [1.29, 1.82) is 0 Å². The Balaban J connectivity index is 1.79. The number of methoxy groups -OCH3 is 1. The standard InChI is InChI=1S/C19H29F3N4O2/c1-23-18(24-9-11-26(2)10-6-12-27-3)25-16-13-15(16)14-7-4-5-8-17(14)28-19(20,21)22/h4-5,7-8,15-16H,6,9-13H2,1-3H3,(H2,23,24,25). The summed E-state index contributed by atoms with van der Waals surface area (Å²) in [4.78, 5) is 6.39. The van der Waals surface area contributed by atoms with Crippen LogP contribution in [0.4, 0.5) is 13.2 Å². The summed E-state index contributed by atoms with van der Waals surface area (Å²) in [6, 6.07) is 6.33. The maximum absolute atomic E-state index is 12.6. The topological polar surface area (TPSA) is 58.1 Å². The van der Waals surface area contributed by atoms with Crippen LogP contribution in [0.3, 0.4) is 0 Å². The van der Waals surface area contributed by atoms with Crippen LogP contribution in [0.5, 0.6) is 5.75 Å². The number of halogens is 3. The molecule has 2 atom stereocenters. The zero-order valence-corrected chi connectivity index (χ0v) is 16.6. The van der Waals surface area contributed by atoms with Gasteiger partial charge in [-0.3, -0.25) is 4.99 Å². The van der Waals surface area contributed by atoms with E-state index in [0.29, 0.717) is 18.1 Å². The second-order valence-corrected chi connectivity index (χ2v) is 6.83. The van der Waals surface area contributed by atoms with Crippen LogP contribution in [-0.4, -0.2) is 70.7 Å². The van der Waals surface area contributed by atoms with E-state index in [1.165, 1.54) is 6.07 Å². The van der Waals surface area contributed by atoms with Gasteiger partial charge in [-0.15, -0.1) is 13.2 Å². The van der Waals surface area contributed by atoms with E-state index in [1.54, 1.807) is 32.4 Å². The third-order valence-electron chi connectivity index (χ3n) is 4.55. The molecule has 1 fully saturated rings. The van der Waals surface area contributed by atoms with Gasteiger partial charge in [0.1, 0.15) is 5.75 Å². The highest BCUT2D eigenvalue weighted by molar-refractivity contribution is 5.80. The van der Waals surface area contributed by atoms with Gasteiger partial charge < -0.3 is 25.0 Å². The Labute approximate surface area is 164 Å². The van der Waals surface area contributed by atoms with Gasteiger partial charge in [0, 0.05) is 52.4 Å². The van der Waals surface area contributed by atoms with Crippen LogP contribution in [0.25, 0.3) is 0 Å². The zero-order chi connectivity index (χ0) is 20.6. The molecule has 0 radical (unpaired) electrons. The van der Waals surface area contributed by atoms with E-state index < -0.39 is 6.36 Å². The molecule has 0 aromatic heterocycles. The summed E-state index contributed by atoms with van der Waals surface area (Å²) in [7, 11) is 5.41. The first-order valence-corrected chi connectivity index (χ1v) is 9.33. The van der Waals surface area contributed by atoms with Crippen LogP contribution in [0.15, 0.2) is 29.3 Å². The molecule has 0 saturated heterocycles. The number of guanidine groups is 1. The molecule has 9 heteroatoms. The number of aliphatic imine (C=N–C) groups is 1. The molecule has 6 nitrogen and oxygen atoms in total. The van der Waals surface area contributed by atoms with Crippen molar-refractivity contribution in [1.82, 2.24) is 15.5 Å². The fraction of sp³-hybridized carbons (Fsp3) is 0.632. The molecule has 28 heavy (non-hydrogen) atoms. The molecule has 2 N–H and O–H groups in total. The second kappa shape index (κ2) is 10.5. The average Bonchev–Trinajstić information content (AvgIpc) is 3.39. The second-order valence-electron chi connectivity index (χ2n) is 6.83. The first-order valence-electron chi connectivity index (χ1n) is 9.33. The van der Waals surface area contributed by atoms with Crippen LogP contribution >= 0.6 is 0 Å². The van der Waals surface area contributed by atoms with Crippen LogP contribution in [0.2, 0.25) is 0 Å². The van der Waals surface area contributed by atoms with Crippen LogP contribution in [0.1, 0.15) is 24.3 Å². The Hall–Kier alpha value is -2.00. The summed E-state index contributed by atoms with van der Waals surface area (Å²) in [5, 5.41) is 6.51. The third kappa shape index (κ3) is 7.55. The summed E-state index contributed by atoms with van der Waals surface area (Å²) >= 11 is 0. The molecule has 0 heterocycles. The summed E-state index contributed by atoms with van der Waals surface area (Å²) in [5.74, 6) is 0.478. The number of hydrogen-bond acceptors (Lipinski definition) is 4. The molecule has 1 aromatic carbocycles. The lowest BCUT2D eigenvalue weighted by Crippen LogP contribution is -2.42. The van der Waals surface area contributed by atoms with Gasteiger partial charge in [-0.25, -0.2) is 0 Å². The molecule has 0 amide bonds. The number of nitrogens with one attached hydrogen (secondary N) is 2. The lowest BCUT2D eigenvalue weighted by Gasteiger charge is -2.18. The highest BCUT2D eigenvalue weighted by atomic mass is 19.4. The van der Waals surface area contributed by atoms with Gasteiger partial charge in [-0.05, 0) is 31.5 Å². The lowest BCUT2D eigenvalue weighted by molar-refractivity contribution is -0.274. The van der Waals surface area contributed by atoms with Gasteiger partial charge in [-0.1, -0.05) is 18.2 Å². The van der Waals surface area contributed by atoms with Crippen molar-refractivity contribution in [2.75, 3.05) is 47.4 Å². The molecule has 1 saturated carbocycles. The number of ether oxygens (including phenoxy) is 2. The number of nitrogens with zero attached hydrogens (tertiary/aromatic N) is 2. The van der Waals surface area contributed by atoms with E-state index in [9.17, 15) is 13.2 Å². The van der Waals surface area contributed by atoms with Crippen molar-refractivity contribution in [2.24, 2.45) is 4.99 Å². The van der Waals surface area contributed by atoms with E-state index in [-0.39, 0.29) is 17.7 Å². The molecule has 1 aliphatic rings. The van der Waals surface area contributed by atoms with E-state index >= 15 is 0 Å². The first kappa shape index (κ1) is 22.3. The van der Waals surface area contributed by atoms with E-state index in [1.807, 2.05) is 7.05 Å². The predicted octanol–water partition coefficient (Wildman–Crippen LogP) is 2.57. The zero-order valence-electron chi connectivity index (χ0n) is 16.6. The average molecular weight is 402 g/mol. The molecule has 0 spiro atoms. The Bertz CT molecular complexity index is 640. The Morgan fingerprint density at radius 3 is 2.71 bits per heavy atom. The van der Waals surface area contributed by atoms with Crippen LogP contribution < -0.4 is 15.4 Å².